The largest absolute Gasteiger partial charge is 0.505 e. The van der Waals surface area contributed by atoms with Gasteiger partial charge in [0.2, 0.25) is 0 Å². The molecule has 4 aromatic rings. The fraction of sp³-hybridized carbons (Fsp3) is 0.0833. The van der Waals surface area contributed by atoms with Gasteiger partial charge in [0, 0.05) is 17.8 Å². The van der Waals surface area contributed by atoms with E-state index < -0.39 is 11.9 Å². The van der Waals surface area contributed by atoms with Crippen molar-refractivity contribution in [3.63, 3.8) is 0 Å². The van der Waals surface area contributed by atoms with Gasteiger partial charge in [-0.15, -0.1) is 0 Å². The number of benzene rings is 2. The standard InChI is InChI=1S/C24H18FN3O4/c1-32-24(31)19-12-18(23(30)28-20-4-2-3-9-26-20)17-11-15(13-27-21(17)22(19)29)10-14-5-7-16(25)8-6-14/h2-9,11-13,29H,10H2,1H3,(H,26,28,30). The number of halogens is 1. The van der Waals surface area contributed by atoms with Gasteiger partial charge < -0.3 is 15.2 Å². The number of rotatable bonds is 5. The zero-order valence-electron chi connectivity index (χ0n) is 17.0. The average molecular weight is 431 g/mol. The summed E-state index contributed by atoms with van der Waals surface area (Å²) in [5.41, 5.74) is 1.62. The van der Waals surface area contributed by atoms with Gasteiger partial charge in [0.25, 0.3) is 5.91 Å². The molecule has 32 heavy (non-hydrogen) atoms. The van der Waals surface area contributed by atoms with E-state index in [4.69, 9.17) is 4.74 Å². The fourth-order valence-corrected chi connectivity index (χ4v) is 3.33. The molecule has 0 saturated heterocycles. The molecule has 4 rings (SSSR count). The molecule has 0 atom stereocenters. The summed E-state index contributed by atoms with van der Waals surface area (Å²) in [5, 5.41) is 13.6. The van der Waals surface area contributed by atoms with E-state index >= 15 is 0 Å². The molecule has 0 fully saturated rings. The number of carbonyl (C=O) groups is 2. The van der Waals surface area contributed by atoms with Gasteiger partial charge in [0.1, 0.15) is 22.7 Å². The predicted molar refractivity (Wildman–Crippen MR) is 116 cm³/mol. The molecule has 0 aliphatic carbocycles. The maximum absolute atomic E-state index is 13.2. The van der Waals surface area contributed by atoms with Gasteiger partial charge in [0.15, 0.2) is 5.75 Å². The second-order valence-corrected chi connectivity index (χ2v) is 7.02. The molecule has 0 radical (unpaired) electrons. The number of carbonyl (C=O) groups excluding carboxylic acids is 2. The third kappa shape index (κ3) is 4.24. The van der Waals surface area contributed by atoms with Crippen molar-refractivity contribution in [1.29, 1.82) is 0 Å². The van der Waals surface area contributed by atoms with Crippen molar-refractivity contribution in [1.82, 2.24) is 9.97 Å². The van der Waals surface area contributed by atoms with E-state index in [2.05, 4.69) is 15.3 Å². The van der Waals surface area contributed by atoms with Crippen molar-refractivity contribution in [2.24, 2.45) is 0 Å². The Morgan fingerprint density at radius 3 is 2.50 bits per heavy atom. The summed E-state index contributed by atoms with van der Waals surface area (Å²) in [7, 11) is 1.18. The normalized spacial score (nSPS) is 10.7. The van der Waals surface area contributed by atoms with Crippen molar-refractivity contribution >= 4 is 28.6 Å². The minimum atomic E-state index is -0.798. The summed E-state index contributed by atoms with van der Waals surface area (Å²) in [4.78, 5) is 33.6. The molecule has 2 aromatic carbocycles. The number of ether oxygens (including phenoxy) is 1. The van der Waals surface area contributed by atoms with Gasteiger partial charge in [-0.25, -0.2) is 14.2 Å². The monoisotopic (exact) mass is 431 g/mol. The van der Waals surface area contributed by atoms with Gasteiger partial charge >= 0.3 is 5.97 Å². The van der Waals surface area contributed by atoms with Crippen LogP contribution in [0.25, 0.3) is 10.9 Å². The van der Waals surface area contributed by atoms with E-state index in [0.717, 1.165) is 11.1 Å². The lowest BCUT2D eigenvalue weighted by Crippen LogP contribution is -2.15. The number of hydrogen-bond donors (Lipinski definition) is 2. The number of amides is 1. The molecule has 0 unspecified atom stereocenters. The summed E-state index contributed by atoms with van der Waals surface area (Å²) in [6.07, 6.45) is 3.50. The SMILES string of the molecule is COC(=O)c1cc(C(=O)Nc2ccccn2)c2cc(Cc3ccc(F)cc3)cnc2c1O. The molecule has 0 saturated carbocycles. The molecule has 2 heterocycles. The van der Waals surface area contributed by atoms with E-state index in [1.807, 2.05) is 0 Å². The number of aromatic hydroxyl groups is 1. The topological polar surface area (TPSA) is 101 Å². The number of hydrogen-bond acceptors (Lipinski definition) is 6. The zero-order chi connectivity index (χ0) is 22.7. The highest BCUT2D eigenvalue weighted by atomic mass is 19.1. The maximum atomic E-state index is 13.2. The molecule has 2 N–H and O–H groups in total. The Labute approximate surface area is 182 Å². The Bertz CT molecular complexity index is 1310. The highest BCUT2D eigenvalue weighted by molar-refractivity contribution is 6.15. The summed E-state index contributed by atoms with van der Waals surface area (Å²) < 4.78 is 17.9. The van der Waals surface area contributed by atoms with Gasteiger partial charge in [0.05, 0.1) is 12.7 Å². The van der Waals surface area contributed by atoms with E-state index in [0.29, 0.717) is 17.6 Å². The molecule has 0 bridgehead atoms. The summed E-state index contributed by atoms with van der Waals surface area (Å²) in [6.45, 7) is 0. The Kier molecular flexibility index (Phi) is 5.76. The van der Waals surface area contributed by atoms with E-state index in [-0.39, 0.29) is 28.2 Å². The van der Waals surface area contributed by atoms with Crippen LogP contribution in [0.15, 0.2) is 67.0 Å². The number of anilines is 1. The van der Waals surface area contributed by atoms with Crippen LogP contribution in [-0.2, 0) is 11.2 Å². The van der Waals surface area contributed by atoms with Crippen LogP contribution < -0.4 is 5.32 Å². The Balaban J connectivity index is 1.81. The smallest absolute Gasteiger partial charge is 0.341 e. The molecule has 0 aliphatic heterocycles. The fourth-order valence-electron chi connectivity index (χ4n) is 3.33. The molecule has 2 aromatic heterocycles. The molecule has 160 valence electrons. The van der Waals surface area contributed by atoms with E-state index in [1.165, 1.54) is 37.7 Å². The van der Waals surface area contributed by atoms with Gasteiger partial charge in [-0.2, -0.15) is 0 Å². The first kappa shape index (κ1) is 20.9. The number of phenols is 1. The number of esters is 1. The second kappa shape index (κ2) is 8.81. The van der Waals surface area contributed by atoms with Crippen LogP contribution in [0.1, 0.15) is 31.8 Å². The number of pyridine rings is 2. The highest BCUT2D eigenvalue weighted by Crippen LogP contribution is 2.32. The number of nitrogens with one attached hydrogen (secondary N) is 1. The van der Waals surface area contributed by atoms with Crippen LogP contribution in [0.5, 0.6) is 5.75 Å². The van der Waals surface area contributed by atoms with Crippen LogP contribution >= 0.6 is 0 Å². The first-order chi connectivity index (χ1) is 15.5. The number of fused-ring (bicyclic) bond motifs is 1. The van der Waals surface area contributed by atoms with E-state index in [9.17, 15) is 19.1 Å². The van der Waals surface area contributed by atoms with Crippen LogP contribution in [-0.4, -0.2) is 34.1 Å². The van der Waals surface area contributed by atoms with Crippen molar-refractivity contribution in [3.05, 3.63) is 95.1 Å². The zero-order valence-corrected chi connectivity index (χ0v) is 17.0. The van der Waals surface area contributed by atoms with Crippen LogP contribution in [0, 0.1) is 5.82 Å². The molecule has 1 amide bonds. The van der Waals surface area contributed by atoms with Gasteiger partial charge in [-0.05, 0) is 53.9 Å². The van der Waals surface area contributed by atoms with Gasteiger partial charge in [-0.3, -0.25) is 9.78 Å². The molecular weight excluding hydrogens is 413 g/mol. The number of phenolic OH excluding ortho intramolecular Hbond substituents is 1. The quantitative estimate of drug-likeness (QED) is 0.461. The molecule has 0 aliphatic rings. The molecule has 7 nitrogen and oxygen atoms in total. The van der Waals surface area contributed by atoms with Crippen LogP contribution in [0.3, 0.4) is 0 Å². The first-order valence-corrected chi connectivity index (χ1v) is 9.66. The summed E-state index contributed by atoms with van der Waals surface area (Å²) in [5.74, 6) is -1.71. The average Bonchev–Trinajstić information content (AvgIpc) is 2.81. The molecule has 0 spiro atoms. The third-order valence-corrected chi connectivity index (χ3v) is 4.88. The lowest BCUT2D eigenvalue weighted by molar-refractivity contribution is 0.0597. The van der Waals surface area contributed by atoms with Crippen molar-refractivity contribution in [2.45, 2.75) is 6.42 Å². The molecule has 8 heteroatoms. The summed E-state index contributed by atoms with van der Waals surface area (Å²) in [6, 6.07) is 14.1. The van der Waals surface area contributed by atoms with Gasteiger partial charge in [-0.1, -0.05) is 18.2 Å². The minimum absolute atomic E-state index is 0.0851. The highest BCUT2D eigenvalue weighted by Gasteiger charge is 2.22. The number of nitrogens with zero attached hydrogens (tertiary/aromatic N) is 2. The van der Waals surface area contributed by atoms with Crippen molar-refractivity contribution < 1.29 is 23.8 Å². The van der Waals surface area contributed by atoms with E-state index in [1.54, 1.807) is 36.4 Å². The molecular formula is C24H18FN3O4. The minimum Gasteiger partial charge on any atom is -0.505 e. The third-order valence-electron chi connectivity index (χ3n) is 4.88. The predicted octanol–water partition coefficient (Wildman–Crippen LogP) is 4.10. The first-order valence-electron chi connectivity index (χ1n) is 9.66. The van der Waals surface area contributed by atoms with Crippen LogP contribution in [0.4, 0.5) is 10.2 Å². The van der Waals surface area contributed by atoms with Crippen molar-refractivity contribution in [3.8, 4) is 5.75 Å². The Morgan fingerprint density at radius 1 is 1.03 bits per heavy atom. The lowest BCUT2D eigenvalue weighted by Gasteiger charge is -2.13. The number of methoxy groups -OCH3 is 1. The lowest BCUT2D eigenvalue weighted by atomic mass is 9.98. The van der Waals surface area contributed by atoms with Crippen LogP contribution in [0.2, 0.25) is 0 Å². The Morgan fingerprint density at radius 2 is 1.81 bits per heavy atom. The van der Waals surface area contributed by atoms with Crippen molar-refractivity contribution in [2.75, 3.05) is 12.4 Å². The number of aromatic nitrogens is 2. The summed E-state index contributed by atoms with van der Waals surface area (Å²) >= 11 is 0. The second-order valence-electron chi connectivity index (χ2n) is 7.02. The maximum Gasteiger partial charge on any atom is 0.341 e. The Hall–Kier alpha value is -4.33.